The minimum atomic E-state index is -0.270. The van der Waals surface area contributed by atoms with Crippen molar-refractivity contribution in [3.05, 3.63) is 119 Å². The van der Waals surface area contributed by atoms with Crippen molar-refractivity contribution in [2.75, 3.05) is 13.1 Å². The summed E-state index contributed by atoms with van der Waals surface area (Å²) in [6.07, 6.45) is 5.92. The highest BCUT2D eigenvalue weighted by molar-refractivity contribution is 5.94. The number of hydrogen-bond acceptors (Lipinski definition) is 4. The molecule has 0 spiro atoms. The van der Waals surface area contributed by atoms with Crippen molar-refractivity contribution in [2.45, 2.75) is 31.6 Å². The molecule has 4 aromatic rings. The van der Waals surface area contributed by atoms with Gasteiger partial charge >= 0.3 is 0 Å². The van der Waals surface area contributed by atoms with Crippen LogP contribution in [0.5, 0.6) is 0 Å². The van der Waals surface area contributed by atoms with Crippen LogP contribution >= 0.6 is 0 Å². The van der Waals surface area contributed by atoms with Gasteiger partial charge < -0.3 is 9.32 Å². The molecule has 1 amide bonds. The van der Waals surface area contributed by atoms with E-state index in [0.29, 0.717) is 54.4 Å². The fraction of sp³-hybridized carbons (Fsp3) is 0.250. The first-order valence-electron chi connectivity index (χ1n) is 11.7. The number of piperidine rings is 1. The number of carbonyl (C=O) groups is 1. The lowest BCUT2D eigenvalue weighted by Crippen LogP contribution is -2.39. The summed E-state index contributed by atoms with van der Waals surface area (Å²) >= 11 is 0. The van der Waals surface area contributed by atoms with Gasteiger partial charge in [-0.05, 0) is 54.3 Å². The Hall–Kier alpha value is -3.87. The van der Waals surface area contributed by atoms with E-state index in [2.05, 4.69) is 9.97 Å². The molecule has 2 aromatic heterocycles. The van der Waals surface area contributed by atoms with Gasteiger partial charge in [-0.2, -0.15) is 0 Å². The number of halogens is 2. The summed E-state index contributed by atoms with van der Waals surface area (Å²) in [6.45, 7) is 1.18. The van der Waals surface area contributed by atoms with E-state index < -0.39 is 0 Å². The van der Waals surface area contributed by atoms with Crippen molar-refractivity contribution in [2.24, 2.45) is 0 Å². The lowest BCUT2D eigenvalue weighted by atomic mass is 9.97. The molecule has 2 aromatic carbocycles. The molecule has 1 fully saturated rings. The molecule has 5 rings (SSSR count). The Kier molecular flexibility index (Phi) is 6.66. The number of nitrogens with zero attached hydrogens (tertiary/aromatic N) is 3. The molecular formula is C28H25F2N3O2. The van der Waals surface area contributed by atoms with E-state index in [4.69, 9.17) is 4.42 Å². The number of rotatable bonds is 6. The van der Waals surface area contributed by atoms with Crippen molar-refractivity contribution in [1.82, 2.24) is 14.9 Å². The zero-order chi connectivity index (χ0) is 24.2. The third-order valence-corrected chi connectivity index (χ3v) is 6.32. The van der Waals surface area contributed by atoms with Crippen LogP contribution in [0.4, 0.5) is 8.78 Å². The van der Waals surface area contributed by atoms with Crippen LogP contribution in [-0.4, -0.2) is 33.9 Å². The van der Waals surface area contributed by atoms with Crippen LogP contribution in [0, 0.1) is 11.6 Å². The van der Waals surface area contributed by atoms with E-state index >= 15 is 0 Å². The molecular weight excluding hydrogens is 448 g/mol. The predicted molar refractivity (Wildman–Crippen MR) is 127 cm³/mol. The highest BCUT2D eigenvalue weighted by atomic mass is 19.1. The average molecular weight is 474 g/mol. The van der Waals surface area contributed by atoms with Gasteiger partial charge in [0.2, 0.25) is 0 Å². The molecule has 35 heavy (non-hydrogen) atoms. The number of pyridine rings is 1. The Morgan fingerprint density at radius 1 is 0.971 bits per heavy atom. The maximum absolute atomic E-state index is 13.9. The minimum absolute atomic E-state index is 0.0166. The van der Waals surface area contributed by atoms with Gasteiger partial charge in [-0.3, -0.25) is 9.78 Å². The van der Waals surface area contributed by atoms with Crippen molar-refractivity contribution < 1.29 is 18.0 Å². The van der Waals surface area contributed by atoms with E-state index in [0.717, 1.165) is 18.4 Å². The molecule has 0 N–H and O–H groups in total. The summed E-state index contributed by atoms with van der Waals surface area (Å²) in [5.41, 5.74) is 2.73. The quantitative estimate of drug-likeness (QED) is 0.369. The van der Waals surface area contributed by atoms with Crippen LogP contribution in [0.1, 0.15) is 57.6 Å². The number of carbonyl (C=O) groups excluding carboxylic acids is 1. The zero-order valence-electron chi connectivity index (χ0n) is 19.2. The third-order valence-electron chi connectivity index (χ3n) is 6.32. The van der Waals surface area contributed by atoms with Crippen LogP contribution in [-0.2, 0) is 12.8 Å². The van der Waals surface area contributed by atoms with Gasteiger partial charge in [0.25, 0.3) is 5.91 Å². The normalized spacial score (nSPS) is 15.8. The summed E-state index contributed by atoms with van der Waals surface area (Å²) in [5, 5.41) is 0. The van der Waals surface area contributed by atoms with Gasteiger partial charge in [0.05, 0.1) is 17.7 Å². The van der Waals surface area contributed by atoms with E-state index in [1.54, 1.807) is 54.9 Å². The van der Waals surface area contributed by atoms with E-state index in [1.807, 2.05) is 4.90 Å². The van der Waals surface area contributed by atoms with E-state index in [1.165, 1.54) is 18.2 Å². The smallest absolute Gasteiger partial charge is 0.255 e. The minimum Gasteiger partial charge on any atom is -0.445 e. The molecule has 1 atom stereocenters. The second-order valence-corrected chi connectivity index (χ2v) is 8.86. The van der Waals surface area contributed by atoms with E-state index in [9.17, 15) is 13.6 Å². The van der Waals surface area contributed by atoms with Gasteiger partial charge in [-0.15, -0.1) is 0 Å². The number of likely N-dealkylation sites (tertiary alicyclic amines) is 1. The monoisotopic (exact) mass is 473 g/mol. The fourth-order valence-corrected chi connectivity index (χ4v) is 4.43. The number of hydrogen-bond donors (Lipinski definition) is 0. The lowest BCUT2D eigenvalue weighted by Gasteiger charge is -2.31. The van der Waals surface area contributed by atoms with E-state index in [-0.39, 0.29) is 23.5 Å². The summed E-state index contributed by atoms with van der Waals surface area (Å²) in [7, 11) is 0. The van der Waals surface area contributed by atoms with Crippen LogP contribution in [0.15, 0.2) is 77.5 Å². The number of amides is 1. The van der Waals surface area contributed by atoms with Crippen LogP contribution in [0.3, 0.4) is 0 Å². The van der Waals surface area contributed by atoms with Crippen molar-refractivity contribution in [3.8, 4) is 0 Å². The standard InChI is InChI=1S/C28H25F2N3O2/c29-23-10-7-19(8-11-23)14-25-17-32-27(35-25)22-5-3-13-33(18-22)28(34)21-9-12-24(31-16-21)15-20-4-1-2-6-26(20)30/h1-2,4,6-12,16-17,22H,3,5,13-15,18H2/t22-/m0/s1. The molecule has 1 aliphatic heterocycles. The molecule has 0 radical (unpaired) electrons. The number of aromatic nitrogens is 2. The topological polar surface area (TPSA) is 59.2 Å². The molecule has 1 aliphatic rings. The van der Waals surface area contributed by atoms with Crippen LogP contribution in [0.25, 0.3) is 0 Å². The largest absolute Gasteiger partial charge is 0.445 e. The summed E-state index contributed by atoms with van der Waals surface area (Å²) in [4.78, 5) is 23.8. The van der Waals surface area contributed by atoms with Gasteiger partial charge in [0, 0.05) is 37.8 Å². The summed E-state index contributed by atoms with van der Waals surface area (Å²) < 4.78 is 33.0. The Morgan fingerprint density at radius 3 is 2.57 bits per heavy atom. The Balaban J connectivity index is 1.22. The van der Waals surface area contributed by atoms with Crippen LogP contribution in [0.2, 0.25) is 0 Å². The first kappa shape index (κ1) is 22.9. The van der Waals surface area contributed by atoms with Crippen LogP contribution < -0.4 is 0 Å². The summed E-state index contributed by atoms with van der Waals surface area (Å²) in [6, 6.07) is 16.5. The third kappa shape index (κ3) is 5.45. The zero-order valence-corrected chi connectivity index (χ0v) is 19.2. The molecule has 0 saturated carbocycles. The summed E-state index contributed by atoms with van der Waals surface area (Å²) in [5.74, 6) is 0.735. The van der Waals surface area contributed by atoms with Crippen molar-refractivity contribution in [3.63, 3.8) is 0 Å². The second kappa shape index (κ2) is 10.2. The van der Waals surface area contributed by atoms with Crippen molar-refractivity contribution >= 4 is 5.91 Å². The molecule has 0 unspecified atom stereocenters. The lowest BCUT2D eigenvalue weighted by molar-refractivity contribution is 0.0697. The Bertz CT molecular complexity index is 1300. The predicted octanol–water partition coefficient (Wildman–Crippen LogP) is 5.55. The first-order chi connectivity index (χ1) is 17.0. The number of benzene rings is 2. The molecule has 0 bridgehead atoms. The maximum Gasteiger partial charge on any atom is 0.255 e. The van der Waals surface area contributed by atoms with Crippen molar-refractivity contribution in [1.29, 1.82) is 0 Å². The number of oxazole rings is 1. The SMILES string of the molecule is O=C(c1ccc(Cc2ccccc2F)nc1)N1CCC[C@H](c2ncc(Cc3ccc(F)cc3)o2)C1. The van der Waals surface area contributed by atoms with Gasteiger partial charge in [0.15, 0.2) is 5.89 Å². The first-order valence-corrected chi connectivity index (χ1v) is 11.7. The molecule has 5 nitrogen and oxygen atoms in total. The highest BCUT2D eigenvalue weighted by Gasteiger charge is 2.28. The fourth-order valence-electron chi connectivity index (χ4n) is 4.43. The van der Waals surface area contributed by atoms with Gasteiger partial charge in [-0.1, -0.05) is 30.3 Å². The second-order valence-electron chi connectivity index (χ2n) is 8.86. The highest BCUT2D eigenvalue weighted by Crippen LogP contribution is 2.28. The Labute approximate surface area is 202 Å². The van der Waals surface area contributed by atoms with Gasteiger partial charge in [0.1, 0.15) is 17.4 Å². The molecule has 178 valence electrons. The van der Waals surface area contributed by atoms with Gasteiger partial charge in [-0.25, -0.2) is 13.8 Å². The molecule has 3 heterocycles. The molecule has 1 saturated heterocycles. The Morgan fingerprint density at radius 2 is 1.80 bits per heavy atom. The maximum atomic E-state index is 13.9. The average Bonchev–Trinajstić information content (AvgIpc) is 3.35. The molecule has 0 aliphatic carbocycles. The molecule has 7 heteroatoms.